The van der Waals surface area contributed by atoms with Crippen molar-refractivity contribution >= 4 is 45.4 Å². The number of carbonyl (C=O) groups is 2. The number of halogens is 1. The number of benzene rings is 3. The number of alkyl halides is 1. The molecule has 0 aromatic heterocycles. The van der Waals surface area contributed by atoms with Gasteiger partial charge in [-0.05, 0) is 62.4 Å². The van der Waals surface area contributed by atoms with Gasteiger partial charge in [-0.3, -0.25) is 4.79 Å². The molecule has 6 heteroatoms. The van der Waals surface area contributed by atoms with Gasteiger partial charge in [-0.1, -0.05) is 59.0 Å². The lowest BCUT2D eigenvalue weighted by Gasteiger charge is -2.14. The molecule has 0 aliphatic rings. The fraction of sp³-hybridized carbons (Fsp3) is 0.200. The lowest BCUT2D eigenvalue weighted by molar-refractivity contribution is -0.146. The predicted octanol–water partition coefficient (Wildman–Crippen LogP) is 5.70. The zero-order valence-electron chi connectivity index (χ0n) is 17.4. The van der Waals surface area contributed by atoms with Crippen LogP contribution >= 0.6 is 22.6 Å². The summed E-state index contributed by atoms with van der Waals surface area (Å²) in [6, 6.07) is 28.2. The number of ether oxygens (including phenoxy) is 2. The van der Waals surface area contributed by atoms with Gasteiger partial charge in [-0.2, -0.15) is 0 Å². The minimum absolute atomic E-state index is 0.0252. The van der Waals surface area contributed by atoms with E-state index in [4.69, 9.17) is 9.47 Å². The van der Waals surface area contributed by atoms with Crippen molar-refractivity contribution in [1.29, 1.82) is 0 Å². The summed E-state index contributed by atoms with van der Waals surface area (Å²) in [6.45, 7) is 3.60. The average Bonchev–Trinajstić information content (AvgIpc) is 2.78. The molecule has 0 spiro atoms. The van der Waals surface area contributed by atoms with Gasteiger partial charge in [0.1, 0.15) is 16.6 Å². The van der Waals surface area contributed by atoms with Crippen molar-refractivity contribution in [3.8, 4) is 0 Å². The van der Waals surface area contributed by atoms with Gasteiger partial charge in [-0.15, -0.1) is 0 Å². The molecule has 3 aromatic rings. The Kier molecular flexibility index (Phi) is 8.15. The number of esters is 2. The predicted molar refractivity (Wildman–Crippen MR) is 131 cm³/mol. The minimum Gasteiger partial charge on any atom is -0.461 e. The summed E-state index contributed by atoms with van der Waals surface area (Å²) in [5.41, 5.74) is 0.467. The molecule has 0 bridgehead atoms. The van der Waals surface area contributed by atoms with Crippen molar-refractivity contribution in [3.63, 3.8) is 0 Å². The molecule has 0 heterocycles. The van der Waals surface area contributed by atoms with Crippen LogP contribution in [0.15, 0.2) is 99.6 Å². The highest BCUT2D eigenvalue weighted by Gasteiger charge is 2.28. The van der Waals surface area contributed by atoms with Crippen molar-refractivity contribution < 1.29 is 19.1 Å². The van der Waals surface area contributed by atoms with Gasteiger partial charge in [-0.25, -0.2) is 4.79 Å². The Hall–Kier alpha value is -2.32. The highest BCUT2D eigenvalue weighted by atomic mass is 127. The molecule has 3 aromatic carbocycles. The van der Waals surface area contributed by atoms with Gasteiger partial charge in [0.25, 0.3) is 0 Å². The molecule has 0 N–H and O–H groups in total. The van der Waals surface area contributed by atoms with E-state index in [1.54, 1.807) is 26.0 Å². The zero-order chi connectivity index (χ0) is 22.3. The van der Waals surface area contributed by atoms with Crippen LogP contribution in [0.1, 0.15) is 24.2 Å². The fourth-order valence-electron chi connectivity index (χ4n) is 2.77. The van der Waals surface area contributed by atoms with E-state index in [9.17, 15) is 9.59 Å². The molecule has 0 atom stereocenters. The summed E-state index contributed by atoms with van der Waals surface area (Å²) in [5, 5.41) is 0. The van der Waals surface area contributed by atoms with Crippen molar-refractivity contribution in [1.82, 2.24) is 0 Å². The van der Waals surface area contributed by atoms with Crippen LogP contribution in [0, 0.1) is 0 Å². The van der Waals surface area contributed by atoms with Crippen molar-refractivity contribution in [2.45, 2.75) is 32.0 Å². The van der Waals surface area contributed by atoms with Crippen molar-refractivity contribution in [2.75, 3.05) is 13.2 Å². The van der Waals surface area contributed by atoms with E-state index < -0.39 is 9.39 Å². The third kappa shape index (κ3) is 6.58. The van der Waals surface area contributed by atoms with E-state index in [1.807, 2.05) is 71.1 Å². The molecular formula is C25H24IO4S+. The molecule has 3 rings (SSSR count). The molecule has 4 nitrogen and oxygen atoms in total. The average molecular weight is 547 g/mol. The second-order valence-electron chi connectivity index (χ2n) is 7.20. The van der Waals surface area contributed by atoms with Gasteiger partial charge < -0.3 is 9.47 Å². The Morgan fingerprint density at radius 2 is 1.19 bits per heavy atom. The van der Waals surface area contributed by atoms with Crippen molar-refractivity contribution in [2.24, 2.45) is 0 Å². The first-order valence-electron chi connectivity index (χ1n) is 9.84. The molecule has 0 radical (unpaired) electrons. The van der Waals surface area contributed by atoms with Gasteiger partial charge in [0.2, 0.25) is 0 Å². The highest BCUT2D eigenvalue weighted by molar-refractivity contribution is 14.1. The zero-order valence-corrected chi connectivity index (χ0v) is 20.4. The summed E-state index contributed by atoms with van der Waals surface area (Å²) in [4.78, 5) is 27.6. The van der Waals surface area contributed by atoms with Crippen LogP contribution in [-0.2, 0) is 25.2 Å². The second-order valence-corrected chi connectivity index (χ2v) is 11.9. The van der Waals surface area contributed by atoms with Gasteiger partial charge in [0, 0.05) is 0 Å². The lowest BCUT2D eigenvalue weighted by Crippen LogP contribution is -2.28. The standard InChI is InChI=1S/C25H24IO4S/c1-25(2,26)24(28)30-18-17-29-23(27)19-13-15-22(16-14-19)31(20-9-5-3-6-10-20)21-11-7-4-8-12-21/h3-16H,17-18H2,1-2H3/q+1. The molecule has 0 unspecified atom stereocenters. The Labute approximate surface area is 199 Å². The Morgan fingerprint density at radius 3 is 1.68 bits per heavy atom. The lowest BCUT2D eigenvalue weighted by atomic mass is 10.2. The van der Waals surface area contributed by atoms with Crippen LogP contribution in [0.5, 0.6) is 0 Å². The highest BCUT2D eigenvalue weighted by Crippen LogP contribution is 2.31. The van der Waals surface area contributed by atoms with Crippen LogP contribution in [0.4, 0.5) is 0 Å². The summed E-state index contributed by atoms with van der Waals surface area (Å²) in [7, 11) is -0.267. The molecule has 0 saturated heterocycles. The molecule has 0 aliphatic heterocycles. The molecule has 0 saturated carbocycles. The summed E-state index contributed by atoms with van der Waals surface area (Å²) >= 11 is 2.01. The van der Waals surface area contributed by atoms with E-state index in [0.29, 0.717) is 5.56 Å². The largest absolute Gasteiger partial charge is 0.461 e. The van der Waals surface area contributed by atoms with Gasteiger partial charge in [0.15, 0.2) is 14.7 Å². The Bertz CT molecular complexity index is 960. The first kappa shape index (κ1) is 23.3. The molecule has 0 amide bonds. The van der Waals surface area contributed by atoms with Gasteiger partial charge in [0.05, 0.1) is 16.5 Å². The molecule has 0 aliphatic carbocycles. The van der Waals surface area contributed by atoms with E-state index in [-0.39, 0.29) is 30.1 Å². The molecule has 31 heavy (non-hydrogen) atoms. The van der Waals surface area contributed by atoms with E-state index >= 15 is 0 Å². The molecule has 160 valence electrons. The third-order valence-electron chi connectivity index (χ3n) is 4.32. The summed E-state index contributed by atoms with van der Waals surface area (Å²) in [6.07, 6.45) is 0. The van der Waals surface area contributed by atoms with Crippen molar-refractivity contribution in [3.05, 3.63) is 90.5 Å². The van der Waals surface area contributed by atoms with Crippen LogP contribution < -0.4 is 0 Å². The van der Waals surface area contributed by atoms with Crippen LogP contribution in [0.2, 0.25) is 0 Å². The molecule has 0 fully saturated rings. The maximum absolute atomic E-state index is 12.3. The summed E-state index contributed by atoms with van der Waals surface area (Å²) < 4.78 is 9.76. The maximum atomic E-state index is 12.3. The number of hydrogen-bond acceptors (Lipinski definition) is 4. The second kappa shape index (κ2) is 10.8. The van der Waals surface area contributed by atoms with E-state index in [1.165, 1.54) is 9.79 Å². The first-order chi connectivity index (χ1) is 14.9. The van der Waals surface area contributed by atoms with E-state index in [0.717, 1.165) is 4.90 Å². The monoisotopic (exact) mass is 547 g/mol. The smallest absolute Gasteiger partial charge is 0.338 e. The SMILES string of the molecule is CC(C)(I)C(=O)OCCOC(=O)c1ccc([S+](c2ccccc2)c2ccccc2)cc1. The van der Waals surface area contributed by atoms with Gasteiger partial charge >= 0.3 is 11.9 Å². The maximum Gasteiger partial charge on any atom is 0.338 e. The number of carbonyl (C=O) groups excluding carboxylic acids is 2. The third-order valence-corrected chi connectivity index (χ3v) is 6.99. The Morgan fingerprint density at radius 1 is 0.742 bits per heavy atom. The number of rotatable bonds is 8. The quantitative estimate of drug-likeness (QED) is 0.120. The normalized spacial score (nSPS) is 11.2. The first-order valence-corrected chi connectivity index (χ1v) is 12.1. The Balaban J connectivity index is 1.68. The van der Waals surface area contributed by atoms with Crippen LogP contribution in [0.25, 0.3) is 0 Å². The fourth-order valence-corrected chi connectivity index (χ4v) is 5.01. The minimum atomic E-state index is -0.605. The molecular weight excluding hydrogens is 523 g/mol. The number of hydrogen-bond donors (Lipinski definition) is 0. The van der Waals surface area contributed by atoms with Crippen LogP contribution in [-0.4, -0.2) is 28.6 Å². The van der Waals surface area contributed by atoms with Crippen LogP contribution in [0.3, 0.4) is 0 Å². The van der Waals surface area contributed by atoms with E-state index in [2.05, 4.69) is 24.3 Å². The summed E-state index contributed by atoms with van der Waals surface area (Å²) in [5.74, 6) is -0.766. The topological polar surface area (TPSA) is 52.6 Å².